The maximum absolute atomic E-state index is 5.04. The Morgan fingerprint density at radius 1 is 1.17 bits per heavy atom. The average molecular weight is 242 g/mol. The number of fused-ring (bicyclic) bond motifs is 1. The molecule has 0 saturated heterocycles. The minimum Gasteiger partial charge on any atom is -0.472 e. The standard InChI is InChI=1S/C15H18N2O/c1-2-14-8-12(3-4-15(14)17-6-1)9-16-10-13-5-7-18-11-13/h3-5,7-8,11,16-17H,1-2,6,9-10H2. The lowest BCUT2D eigenvalue weighted by Gasteiger charge is -2.18. The minimum atomic E-state index is 0.853. The molecule has 2 N–H and O–H groups in total. The minimum absolute atomic E-state index is 0.853. The molecule has 0 fully saturated rings. The van der Waals surface area contributed by atoms with Gasteiger partial charge in [0.1, 0.15) is 0 Å². The topological polar surface area (TPSA) is 37.2 Å². The Hall–Kier alpha value is -1.74. The van der Waals surface area contributed by atoms with Gasteiger partial charge < -0.3 is 15.1 Å². The first-order chi connectivity index (χ1) is 8.92. The number of hydrogen-bond acceptors (Lipinski definition) is 3. The fourth-order valence-electron chi connectivity index (χ4n) is 2.38. The molecule has 0 bridgehead atoms. The van der Waals surface area contributed by atoms with Gasteiger partial charge in [-0.1, -0.05) is 12.1 Å². The van der Waals surface area contributed by atoms with Gasteiger partial charge >= 0.3 is 0 Å². The van der Waals surface area contributed by atoms with Crippen LogP contribution in [0.15, 0.2) is 41.2 Å². The van der Waals surface area contributed by atoms with Gasteiger partial charge in [0.25, 0.3) is 0 Å². The molecular formula is C15H18N2O. The van der Waals surface area contributed by atoms with E-state index in [-0.39, 0.29) is 0 Å². The number of furan rings is 1. The SMILES string of the molecule is c1cc(CNCc2ccc3c(c2)CCCN3)co1. The molecule has 0 aliphatic carbocycles. The number of hydrogen-bond donors (Lipinski definition) is 2. The Balaban J connectivity index is 1.59. The van der Waals surface area contributed by atoms with Crippen LogP contribution in [0.4, 0.5) is 5.69 Å². The lowest BCUT2D eigenvalue weighted by atomic mass is 10.0. The van der Waals surface area contributed by atoms with Crippen LogP contribution in [0.2, 0.25) is 0 Å². The van der Waals surface area contributed by atoms with Gasteiger partial charge in [-0.2, -0.15) is 0 Å². The van der Waals surface area contributed by atoms with Crippen molar-refractivity contribution in [3.05, 3.63) is 53.5 Å². The van der Waals surface area contributed by atoms with E-state index in [1.165, 1.54) is 35.2 Å². The molecule has 3 rings (SSSR count). The molecular weight excluding hydrogens is 224 g/mol. The van der Waals surface area contributed by atoms with Crippen LogP contribution in [-0.4, -0.2) is 6.54 Å². The van der Waals surface area contributed by atoms with E-state index in [4.69, 9.17) is 4.42 Å². The van der Waals surface area contributed by atoms with E-state index >= 15 is 0 Å². The highest BCUT2D eigenvalue weighted by Gasteiger charge is 2.08. The molecule has 1 aromatic heterocycles. The Kier molecular flexibility index (Phi) is 3.33. The molecule has 1 aliphatic heterocycles. The van der Waals surface area contributed by atoms with Gasteiger partial charge in [-0.25, -0.2) is 0 Å². The molecule has 1 aromatic carbocycles. The molecule has 1 aliphatic rings. The fraction of sp³-hybridized carbons (Fsp3) is 0.333. The van der Waals surface area contributed by atoms with Gasteiger partial charge in [0, 0.05) is 30.9 Å². The van der Waals surface area contributed by atoms with E-state index < -0.39 is 0 Å². The third kappa shape index (κ3) is 2.57. The van der Waals surface area contributed by atoms with Crippen LogP contribution < -0.4 is 10.6 Å². The highest BCUT2D eigenvalue weighted by Crippen LogP contribution is 2.22. The van der Waals surface area contributed by atoms with Gasteiger partial charge in [0.05, 0.1) is 12.5 Å². The Labute approximate surface area is 107 Å². The lowest BCUT2D eigenvalue weighted by Crippen LogP contribution is -2.15. The van der Waals surface area contributed by atoms with Gasteiger partial charge in [0.2, 0.25) is 0 Å². The molecule has 0 amide bonds. The van der Waals surface area contributed by atoms with Gasteiger partial charge in [-0.05, 0) is 36.1 Å². The zero-order valence-corrected chi connectivity index (χ0v) is 10.4. The fourth-order valence-corrected chi connectivity index (χ4v) is 2.38. The largest absolute Gasteiger partial charge is 0.472 e. The molecule has 18 heavy (non-hydrogen) atoms. The predicted octanol–water partition coefficient (Wildman–Crippen LogP) is 2.93. The van der Waals surface area contributed by atoms with Crippen molar-refractivity contribution in [3.63, 3.8) is 0 Å². The van der Waals surface area contributed by atoms with E-state index in [0.717, 1.165) is 19.6 Å². The van der Waals surface area contributed by atoms with Crippen molar-refractivity contribution < 1.29 is 4.42 Å². The Morgan fingerprint density at radius 3 is 3.00 bits per heavy atom. The zero-order valence-electron chi connectivity index (χ0n) is 10.4. The summed E-state index contributed by atoms with van der Waals surface area (Å²) < 4.78 is 5.04. The second-order valence-electron chi connectivity index (χ2n) is 4.76. The van der Waals surface area contributed by atoms with Crippen LogP contribution >= 0.6 is 0 Å². The van der Waals surface area contributed by atoms with Crippen molar-refractivity contribution in [2.45, 2.75) is 25.9 Å². The summed E-state index contributed by atoms with van der Waals surface area (Å²) in [5.41, 5.74) is 5.29. The Bertz CT molecular complexity index is 505. The van der Waals surface area contributed by atoms with Gasteiger partial charge in [0.15, 0.2) is 0 Å². The normalized spacial score (nSPS) is 14.0. The van der Waals surface area contributed by atoms with Crippen molar-refractivity contribution in [1.29, 1.82) is 0 Å². The van der Waals surface area contributed by atoms with Crippen molar-refractivity contribution in [2.24, 2.45) is 0 Å². The predicted molar refractivity (Wildman–Crippen MR) is 72.5 cm³/mol. The highest BCUT2D eigenvalue weighted by atomic mass is 16.3. The van der Waals surface area contributed by atoms with E-state index in [0.29, 0.717) is 0 Å². The van der Waals surface area contributed by atoms with E-state index in [1.807, 2.05) is 6.07 Å². The van der Waals surface area contributed by atoms with Crippen LogP contribution in [0.25, 0.3) is 0 Å². The van der Waals surface area contributed by atoms with E-state index in [2.05, 4.69) is 28.8 Å². The third-order valence-electron chi connectivity index (χ3n) is 3.35. The van der Waals surface area contributed by atoms with Crippen molar-refractivity contribution in [1.82, 2.24) is 5.32 Å². The summed E-state index contributed by atoms with van der Waals surface area (Å²) in [5.74, 6) is 0. The van der Waals surface area contributed by atoms with Crippen LogP contribution in [0.1, 0.15) is 23.1 Å². The van der Waals surface area contributed by atoms with Crippen LogP contribution in [0.5, 0.6) is 0 Å². The summed E-state index contributed by atoms with van der Waals surface area (Å²) >= 11 is 0. The molecule has 0 atom stereocenters. The molecule has 0 spiro atoms. The van der Waals surface area contributed by atoms with E-state index in [1.54, 1.807) is 12.5 Å². The number of nitrogens with one attached hydrogen (secondary N) is 2. The third-order valence-corrected chi connectivity index (χ3v) is 3.35. The summed E-state index contributed by atoms with van der Waals surface area (Å²) in [5, 5.41) is 6.87. The summed E-state index contributed by atoms with van der Waals surface area (Å²) in [6.07, 6.45) is 5.92. The summed E-state index contributed by atoms with van der Waals surface area (Å²) in [6.45, 7) is 2.86. The first-order valence-corrected chi connectivity index (χ1v) is 6.49. The van der Waals surface area contributed by atoms with Gasteiger partial charge in [-0.15, -0.1) is 0 Å². The summed E-state index contributed by atoms with van der Waals surface area (Å²) in [4.78, 5) is 0. The molecule has 2 heterocycles. The molecule has 94 valence electrons. The lowest BCUT2D eigenvalue weighted by molar-refractivity contribution is 0.560. The quantitative estimate of drug-likeness (QED) is 0.865. The molecule has 0 radical (unpaired) electrons. The number of aryl methyl sites for hydroxylation is 1. The maximum Gasteiger partial charge on any atom is 0.0947 e. The second kappa shape index (κ2) is 5.27. The van der Waals surface area contributed by atoms with Crippen molar-refractivity contribution >= 4 is 5.69 Å². The summed E-state index contributed by atoms with van der Waals surface area (Å²) in [7, 11) is 0. The zero-order chi connectivity index (χ0) is 12.2. The van der Waals surface area contributed by atoms with Crippen LogP contribution in [0.3, 0.4) is 0 Å². The molecule has 2 aromatic rings. The number of anilines is 1. The van der Waals surface area contributed by atoms with Gasteiger partial charge in [-0.3, -0.25) is 0 Å². The second-order valence-corrected chi connectivity index (χ2v) is 4.76. The number of rotatable bonds is 4. The molecule has 0 saturated carbocycles. The van der Waals surface area contributed by atoms with Crippen molar-refractivity contribution in [3.8, 4) is 0 Å². The van der Waals surface area contributed by atoms with Crippen LogP contribution in [0, 0.1) is 0 Å². The first kappa shape index (κ1) is 11.4. The summed E-state index contributed by atoms with van der Waals surface area (Å²) in [6, 6.07) is 8.69. The maximum atomic E-state index is 5.04. The first-order valence-electron chi connectivity index (χ1n) is 6.49. The highest BCUT2D eigenvalue weighted by molar-refractivity contribution is 5.54. The van der Waals surface area contributed by atoms with Crippen molar-refractivity contribution in [2.75, 3.05) is 11.9 Å². The van der Waals surface area contributed by atoms with E-state index in [9.17, 15) is 0 Å². The Morgan fingerprint density at radius 2 is 2.11 bits per heavy atom. The molecule has 0 unspecified atom stereocenters. The monoisotopic (exact) mass is 242 g/mol. The van der Waals surface area contributed by atoms with Crippen LogP contribution in [-0.2, 0) is 19.5 Å². The molecule has 3 heteroatoms. The smallest absolute Gasteiger partial charge is 0.0947 e. The molecule has 3 nitrogen and oxygen atoms in total. The number of benzene rings is 1. The average Bonchev–Trinajstić information content (AvgIpc) is 2.92.